The maximum absolute atomic E-state index is 2.52. The fourth-order valence-electron chi connectivity index (χ4n) is 2.50. The summed E-state index contributed by atoms with van der Waals surface area (Å²) in [5, 5.41) is 0. The highest BCUT2D eigenvalue weighted by atomic mass is 14.2. The first kappa shape index (κ1) is 9.05. The SMILES string of the molecule is C1=C\C2CCC/C=C(/CC/1)CCC2. The van der Waals surface area contributed by atoms with Crippen LogP contribution in [0.5, 0.6) is 0 Å². The van der Waals surface area contributed by atoms with E-state index in [1.807, 2.05) is 0 Å². The van der Waals surface area contributed by atoms with Gasteiger partial charge in [-0.2, -0.15) is 0 Å². The van der Waals surface area contributed by atoms with Gasteiger partial charge in [-0.05, 0) is 57.3 Å². The summed E-state index contributed by atoms with van der Waals surface area (Å²) in [6.45, 7) is 0. The van der Waals surface area contributed by atoms with Crippen LogP contribution in [0.25, 0.3) is 0 Å². The van der Waals surface area contributed by atoms with Gasteiger partial charge in [0.15, 0.2) is 0 Å². The lowest BCUT2D eigenvalue weighted by atomic mass is 9.96. The van der Waals surface area contributed by atoms with Gasteiger partial charge in [0.2, 0.25) is 0 Å². The summed E-state index contributed by atoms with van der Waals surface area (Å²) in [4.78, 5) is 0. The molecule has 1 unspecified atom stereocenters. The Morgan fingerprint density at radius 1 is 1.00 bits per heavy atom. The van der Waals surface area contributed by atoms with Crippen LogP contribution in [-0.4, -0.2) is 0 Å². The summed E-state index contributed by atoms with van der Waals surface area (Å²) in [5.74, 6) is 0.894. The van der Waals surface area contributed by atoms with Crippen molar-refractivity contribution in [2.45, 2.75) is 51.4 Å². The molecule has 0 fully saturated rings. The van der Waals surface area contributed by atoms with Crippen LogP contribution in [-0.2, 0) is 0 Å². The van der Waals surface area contributed by atoms with Crippen molar-refractivity contribution in [1.82, 2.24) is 0 Å². The van der Waals surface area contributed by atoms with Crippen LogP contribution in [0.3, 0.4) is 0 Å². The number of rotatable bonds is 0. The lowest BCUT2D eigenvalue weighted by Crippen LogP contribution is -1.95. The Kier molecular flexibility index (Phi) is 3.23. The van der Waals surface area contributed by atoms with E-state index in [-0.39, 0.29) is 0 Å². The molecule has 0 saturated carbocycles. The van der Waals surface area contributed by atoms with Crippen LogP contribution < -0.4 is 0 Å². The van der Waals surface area contributed by atoms with Gasteiger partial charge in [-0.1, -0.05) is 23.8 Å². The summed E-state index contributed by atoms with van der Waals surface area (Å²) in [5.41, 5.74) is 1.73. The molecule has 0 aromatic carbocycles. The summed E-state index contributed by atoms with van der Waals surface area (Å²) >= 11 is 0. The molecule has 0 heteroatoms. The van der Waals surface area contributed by atoms with E-state index in [4.69, 9.17) is 0 Å². The fourth-order valence-corrected chi connectivity index (χ4v) is 2.50. The molecule has 0 N–H and O–H groups in total. The van der Waals surface area contributed by atoms with Gasteiger partial charge in [0.25, 0.3) is 0 Å². The highest BCUT2D eigenvalue weighted by Crippen LogP contribution is 2.26. The van der Waals surface area contributed by atoms with E-state index in [0.717, 1.165) is 5.92 Å². The van der Waals surface area contributed by atoms with Crippen LogP contribution in [0, 0.1) is 5.92 Å². The predicted octanol–water partition coefficient (Wildman–Crippen LogP) is 4.23. The van der Waals surface area contributed by atoms with E-state index in [1.165, 1.54) is 51.4 Å². The third kappa shape index (κ3) is 2.72. The first-order valence-electron chi connectivity index (χ1n) is 5.80. The molecular weight excluding hydrogens is 156 g/mol. The second-order valence-electron chi connectivity index (χ2n) is 4.41. The maximum atomic E-state index is 2.52. The Balaban J connectivity index is 2.11. The quantitative estimate of drug-likeness (QED) is 0.484. The van der Waals surface area contributed by atoms with Crippen molar-refractivity contribution in [2.75, 3.05) is 0 Å². The van der Waals surface area contributed by atoms with Crippen molar-refractivity contribution < 1.29 is 0 Å². The maximum Gasteiger partial charge on any atom is -0.0233 e. The van der Waals surface area contributed by atoms with Crippen molar-refractivity contribution >= 4 is 0 Å². The zero-order valence-corrected chi connectivity index (χ0v) is 8.47. The lowest BCUT2D eigenvalue weighted by Gasteiger charge is -2.09. The van der Waals surface area contributed by atoms with Crippen molar-refractivity contribution in [1.29, 1.82) is 0 Å². The second kappa shape index (κ2) is 4.64. The first-order chi connectivity index (χ1) is 6.45. The van der Waals surface area contributed by atoms with E-state index in [1.54, 1.807) is 5.57 Å². The Hall–Kier alpha value is -0.520. The smallest absolute Gasteiger partial charge is 0.0233 e. The molecule has 2 aliphatic rings. The van der Waals surface area contributed by atoms with Crippen molar-refractivity contribution in [3.8, 4) is 0 Å². The molecule has 0 saturated heterocycles. The molecule has 0 radical (unpaired) electrons. The average Bonchev–Trinajstić information content (AvgIpc) is 2.33. The summed E-state index contributed by atoms with van der Waals surface area (Å²) < 4.78 is 0. The van der Waals surface area contributed by atoms with E-state index in [9.17, 15) is 0 Å². The molecule has 0 nitrogen and oxygen atoms in total. The minimum Gasteiger partial charge on any atom is -0.0879 e. The standard InChI is InChI=1S/C13H20/c1-2-7-13-9-4-3-8-12(6-1)10-5-11-13/h1,6,9,12H,2-5,7-8,10-11H2/b6-1-,13-9-. The zero-order chi connectivity index (χ0) is 8.93. The molecule has 0 aromatic rings. The topological polar surface area (TPSA) is 0 Å². The van der Waals surface area contributed by atoms with E-state index < -0.39 is 0 Å². The monoisotopic (exact) mass is 176 g/mol. The highest BCUT2D eigenvalue weighted by Gasteiger charge is 2.09. The third-order valence-corrected chi connectivity index (χ3v) is 3.33. The molecule has 72 valence electrons. The van der Waals surface area contributed by atoms with Gasteiger partial charge in [0, 0.05) is 0 Å². The molecule has 0 aromatic heterocycles. The summed E-state index contributed by atoms with van der Waals surface area (Å²) in [6, 6.07) is 0. The van der Waals surface area contributed by atoms with Crippen molar-refractivity contribution in [2.24, 2.45) is 5.92 Å². The number of allylic oxidation sites excluding steroid dienone is 4. The molecule has 0 heterocycles. The molecule has 2 bridgehead atoms. The van der Waals surface area contributed by atoms with Gasteiger partial charge in [-0.25, -0.2) is 0 Å². The van der Waals surface area contributed by atoms with Gasteiger partial charge in [0.05, 0.1) is 0 Å². The molecule has 0 aliphatic heterocycles. The molecule has 1 atom stereocenters. The Morgan fingerprint density at radius 3 is 2.92 bits per heavy atom. The normalized spacial score (nSPS) is 36.0. The third-order valence-electron chi connectivity index (χ3n) is 3.33. The zero-order valence-electron chi connectivity index (χ0n) is 8.47. The number of hydrogen-bond donors (Lipinski definition) is 0. The van der Waals surface area contributed by atoms with Crippen LogP contribution >= 0.6 is 0 Å². The van der Waals surface area contributed by atoms with Gasteiger partial charge >= 0.3 is 0 Å². The molecule has 13 heavy (non-hydrogen) atoms. The molecule has 0 spiro atoms. The van der Waals surface area contributed by atoms with Crippen molar-refractivity contribution in [3.63, 3.8) is 0 Å². The Morgan fingerprint density at radius 2 is 1.92 bits per heavy atom. The summed E-state index contributed by atoms with van der Waals surface area (Å²) in [7, 11) is 0. The highest BCUT2D eigenvalue weighted by molar-refractivity contribution is 5.06. The Bertz CT molecular complexity index is 210. The van der Waals surface area contributed by atoms with E-state index >= 15 is 0 Å². The number of hydrogen-bond acceptors (Lipinski definition) is 0. The molecule has 2 aliphatic carbocycles. The molecule has 0 amide bonds. The number of fused-ring (bicyclic) bond motifs is 4. The van der Waals surface area contributed by atoms with E-state index in [0.29, 0.717) is 0 Å². The van der Waals surface area contributed by atoms with Gasteiger partial charge in [0.1, 0.15) is 0 Å². The predicted molar refractivity (Wildman–Crippen MR) is 57.6 cm³/mol. The van der Waals surface area contributed by atoms with Gasteiger partial charge in [-0.3, -0.25) is 0 Å². The largest absolute Gasteiger partial charge is 0.0879 e. The molecule has 2 rings (SSSR count). The minimum absolute atomic E-state index is 0.894. The minimum atomic E-state index is 0.894. The first-order valence-corrected chi connectivity index (χ1v) is 5.80. The van der Waals surface area contributed by atoms with Crippen LogP contribution in [0.1, 0.15) is 51.4 Å². The second-order valence-corrected chi connectivity index (χ2v) is 4.41. The van der Waals surface area contributed by atoms with Gasteiger partial charge in [-0.15, -0.1) is 0 Å². The Labute approximate surface area is 81.7 Å². The fraction of sp³-hybridized carbons (Fsp3) is 0.692. The van der Waals surface area contributed by atoms with Gasteiger partial charge < -0.3 is 0 Å². The van der Waals surface area contributed by atoms with Crippen LogP contribution in [0.2, 0.25) is 0 Å². The average molecular weight is 176 g/mol. The molecular formula is C13H20. The van der Waals surface area contributed by atoms with Crippen LogP contribution in [0.4, 0.5) is 0 Å². The summed E-state index contributed by atoms with van der Waals surface area (Å²) in [6.07, 6.45) is 18.4. The van der Waals surface area contributed by atoms with Crippen molar-refractivity contribution in [3.05, 3.63) is 23.8 Å². The van der Waals surface area contributed by atoms with Crippen LogP contribution in [0.15, 0.2) is 23.8 Å². The lowest BCUT2D eigenvalue weighted by molar-refractivity contribution is 0.514. The van der Waals surface area contributed by atoms with E-state index in [2.05, 4.69) is 18.2 Å².